The van der Waals surface area contributed by atoms with Crippen LogP contribution in [-0.4, -0.2) is 56.4 Å². The van der Waals surface area contributed by atoms with Crippen LogP contribution in [0.5, 0.6) is 0 Å². The first-order valence-electron chi connectivity index (χ1n) is 9.79. The number of ether oxygens (including phenoxy) is 1. The Hall–Kier alpha value is -0.820. The van der Waals surface area contributed by atoms with E-state index in [1.165, 1.54) is 43.4 Å². The Morgan fingerprint density at radius 1 is 1.15 bits per heavy atom. The molecule has 1 unspecified atom stereocenters. The molecule has 4 rings (SSSR count). The molecule has 2 saturated heterocycles. The third kappa shape index (κ3) is 4.97. The summed E-state index contributed by atoms with van der Waals surface area (Å²) in [6.45, 7) is 4.04. The minimum absolute atomic E-state index is 0. The molecule has 3 heterocycles. The second kappa shape index (κ2) is 9.59. The summed E-state index contributed by atoms with van der Waals surface area (Å²) in [7, 11) is 4.02. The number of anilines is 2. The number of hydrogen-bond donors (Lipinski definition) is 2. The van der Waals surface area contributed by atoms with Crippen LogP contribution in [-0.2, 0) is 17.6 Å². The molecule has 2 fully saturated rings. The molecule has 0 radical (unpaired) electrons. The molecule has 0 saturated carbocycles. The van der Waals surface area contributed by atoms with Crippen LogP contribution in [0.15, 0.2) is 0 Å². The van der Waals surface area contributed by atoms with Crippen molar-refractivity contribution in [2.75, 3.05) is 50.6 Å². The van der Waals surface area contributed by atoms with E-state index in [1.807, 2.05) is 19.0 Å². The quantitative estimate of drug-likeness (QED) is 0.784. The Bertz CT molecular complexity index is 622. The number of piperidine rings is 1. The topological polar surface area (TPSA) is 62.3 Å². The largest absolute Gasteiger partial charge is 0.376 e. The van der Waals surface area contributed by atoms with Crippen LogP contribution < -0.4 is 15.5 Å². The second-order valence-corrected chi connectivity index (χ2v) is 8.17. The first-order chi connectivity index (χ1) is 12.2. The lowest BCUT2D eigenvalue weighted by Crippen LogP contribution is -2.37. The average Bonchev–Trinajstić information content (AvgIpc) is 3.02. The minimum atomic E-state index is 0. The van der Waals surface area contributed by atoms with Crippen LogP contribution in [0.3, 0.4) is 0 Å². The predicted molar refractivity (Wildman–Crippen MR) is 115 cm³/mol. The summed E-state index contributed by atoms with van der Waals surface area (Å²) in [5.41, 5.74) is 2.97. The maximum Gasteiger partial charge on any atom is 0.227 e. The van der Waals surface area contributed by atoms with Gasteiger partial charge in [0.1, 0.15) is 5.82 Å². The summed E-state index contributed by atoms with van der Waals surface area (Å²) in [5, 5.41) is 7.08. The van der Waals surface area contributed by atoms with Gasteiger partial charge in [0.15, 0.2) is 0 Å². The number of rotatable bonds is 4. The summed E-state index contributed by atoms with van der Waals surface area (Å²) in [4.78, 5) is 11.5. The molecule has 1 atom stereocenters. The summed E-state index contributed by atoms with van der Waals surface area (Å²) in [6, 6.07) is 0. The third-order valence-electron chi connectivity index (χ3n) is 6.02. The number of halogens is 2. The zero-order valence-electron chi connectivity index (χ0n) is 16.4. The molecule has 1 aromatic rings. The molecule has 2 N–H and O–H groups in total. The molecular formula is C19H33Cl2N5O. The first kappa shape index (κ1) is 22.5. The van der Waals surface area contributed by atoms with Crippen molar-refractivity contribution in [3.8, 4) is 0 Å². The van der Waals surface area contributed by atoms with E-state index in [-0.39, 0.29) is 24.8 Å². The van der Waals surface area contributed by atoms with Gasteiger partial charge in [-0.1, -0.05) is 0 Å². The molecule has 2 aliphatic heterocycles. The lowest BCUT2D eigenvalue weighted by atomic mass is 9.77. The molecular weight excluding hydrogens is 385 g/mol. The summed E-state index contributed by atoms with van der Waals surface area (Å²) in [5.74, 6) is 1.84. The smallest absolute Gasteiger partial charge is 0.227 e. The van der Waals surface area contributed by atoms with E-state index >= 15 is 0 Å². The Labute approximate surface area is 175 Å². The first-order valence-corrected chi connectivity index (χ1v) is 9.79. The van der Waals surface area contributed by atoms with Crippen molar-refractivity contribution in [1.82, 2.24) is 15.3 Å². The Balaban J connectivity index is 0.00000131. The molecule has 3 aliphatic rings. The second-order valence-electron chi connectivity index (χ2n) is 8.17. The minimum Gasteiger partial charge on any atom is -0.376 e. The Morgan fingerprint density at radius 3 is 2.63 bits per heavy atom. The van der Waals surface area contributed by atoms with Gasteiger partial charge in [-0.15, -0.1) is 24.8 Å². The highest BCUT2D eigenvalue weighted by Gasteiger charge is 2.40. The highest BCUT2D eigenvalue weighted by atomic mass is 35.5. The number of aromatic nitrogens is 2. The molecule has 8 heteroatoms. The van der Waals surface area contributed by atoms with Crippen molar-refractivity contribution >= 4 is 36.6 Å². The van der Waals surface area contributed by atoms with Gasteiger partial charge in [-0.25, -0.2) is 4.98 Å². The van der Waals surface area contributed by atoms with Crippen LogP contribution >= 0.6 is 24.8 Å². The fourth-order valence-electron chi connectivity index (χ4n) is 4.47. The van der Waals surface area contributed by atoms with Crippen LogP contribution in [0.2, 0.25) is 0 Å². The van der Waals surface area contributed by atoms with Gasteiger partial charge in [-0.3, -0.25) is 0 Å². The van der Waals surface area contributed by atoms with Crippen molar-refractivity contribution in [3.63, 3.8) is 0 Å². The average molecular weight is 418 g/mol. The van der Waals surface area contributed by atoms with Crippen LogP contribution in [0.25, 0.3) is 0 Å². The Morgan fingerprint density at radius 2 is 1.89 bits per heavy atom. The zero-order chi connectivity index (χ0) is 17.3. The predicted octanol–water partition coefficient (Wildman–Crippen LogP) is 2.84. The van der Waals surface area contributed by atoms with E-state index in [1.54, 1.807) is 0 Å². The maximum atomic E-state index is 6.15. The van der Waals surface area contributed by atoms with Crippen LogP contribution in [0.4, 0.5) is 11.8 Å². The van der Waals surface area contributed by atoms with Gasteiger partial charge in [-0.05, 0) is 63.5 Å². The van der Waals surface area contributed by atoms with Gasteiger partial charge >= 0.3 is 0 Å². The molecule has 1 aliphatic carbocycles. The molecule has 1 aromatic heterocycles. The van der Waals surface area contributed by atoms with Crippen LogP contribution in [0, 0.1) is 5.41 Å². The number of nitrogens with one attached hydrogen (secondary N) is 2. The van der Waals surface area contributed by atoms with Crippen LogP contribution in [0.1, 0.15) is 43.4 Å². The fourth-order valence-corrected chi connectivity index (χ4v) is 4.47. The van der Waals surface area contributed by atoms with E-state index in [0.29, 0.717) is 11.5 Å². The summed E-state index contributed by atoms with van der Waals surface area (Å²) < 4.78 is 6.15. The number of aryl methyl sites for hydroxylation is 1. The molecule has 0 aromatic carbocycles. The summed E-state index contributed by atoms with van der Waals surface area (Å²) >= 11 is 0. The van der Waals surface area contributed by atoms with Crippen molar-refractivity contribution in [2.45, 2.75) is 51.0 Å². The van der Waals surface area contributed by atoms with Gasteiger partial charge in [0.05, 0.1) is 18.4 Å². The zero-order valence-corrected chi connectivity index (χ0v) is 18.1. The van der Waals surface area contributed by atoms with E-state index in [2.05, 4.69) is 10.6 Å². The van der Waals surface area contributed by atoms with Crippen molar-refractivity contribution < 1.29 is 4.74 Å². The van der Waals surface area contributed by atoms with E-state index in [0.717, 1.165) is 50.8 Å². The highest BCUT2D eigenvalue weighted by Crippen LogP contribution is 2.40. The lowest BCUT2D eigenvalue weighted by Gasteiger charge is -2.32. The number of hydrogen-bond acceptors (Lipinski definition) is 6. The molecule has 0 bridgehead atoms. The molecule has 154 valence electrons. The fraction of sp³-hybridized carbons (Fsp3) is 0.789. The SMILES string of the molecule is CN(C)c1nc2c(c(NCC3CC4(CCNCC4)CO3)n1)CCCC2.Cl.Cl. The van der Waals surface area contributed by atoms with Crippen molar-refractivity contribution in [1.29, 1.82) is 0 Å². The third-order valence-corrected chi connectivity index (χ3v) is 6.02. The van der Waals surface area contributed by atoms with Gasteiger partial charge in [0, 0.05) is 26.2 Å². The highest BCUT2D eigenvalue weighted by molar-refractivity contribution is 5.85. The molecule has 1 spiro atoms. The van der Waals surface area contributed by atoms with Gasteiger partial charge in [0.2, 0.25) is 5.95 Å². The van der Waals surface area contributed by atoms with Gasteiger partial charge < -0.3 is 20.3 Å². The number of fused-ring (bicyclic) bond motifs is 1. The van der Waals surface area contributed by atoms with Crippen molar-refractivity contribution in [2.24, 2.45) is 5.41 Å². The molecule has 6 nitrogen and oxygen atoms in total. The number of nitrogens with zero attached hydrogens (tertiary/aromatic N) is 3. The molecule has 0 amide bonds. The monoisotopic (exact) mass is 417 g/mol. The lowest BCUT2D eigenvalue weighted by molar-refractivity contribution is 0.0924. The normalized spacial score (nSPS) is 23.1. The van der Waals surface area contributed by atoms with E-state index in [9.17, 15) is 0 Å². The van der Waals surface area contributed by atoms with Gasteiger partial charge in [-0.2, -0.15) is 4.98 Å². The van der Waals surface area contributed by atoms with Crippen molar-refractivity contribution in [3.05, 3.63) is 11.3 Å². The maximum absolute atomic E-state index is 6.15. The van der Waals surface area contributed by atoms with E-state index < -0.39 is 0 Å². The summed E-state index contributed by atoms with van der Waals surface area (Å²) in [6.07, 6.45) is 8.61. The Kier molecular flexibility index (Phi) is 7.98. The molecule has 27 heavy (non-hydrogen) atoms. The van der Waals surface area contributed by atoms with E-state index in [4.69, 9.17) is 14.7 Å². The standard InChI is InChI=1S/C19H31N5O.2ClH/c1-24(2)18-22-16-6-4-3-5-15(16)17(23-18)21-12-14-11-19(13-25-14)7-9-20-10-8-19;;/h14,20H,3-13H2,1-2H3,(H,21,22,23);2*1H. The van der Waals surface area contributed by atoms with Gasteiger partial charge in [0.25, 0.3) is 0 Å².